The quantitative estimate of drug-likeness (QED) is 0.471. The van der Waals surface area contributed by atoms with Gasteiger partial charge >= 0.3 is 16.1 Å². The Labute approximate surface area is 145 Å². The van der Waals surface area contributed by atoms with Gasteiger partial charge in [-0.15, -0.1) is 0 Å². The highest BCUT2D eigenvalue weighted by Crippen LogP contribution is 2.26. The Hall–Kier alpha value is -1.71. The maximum Gasteiger partial charge on any atom is 0.328 e. The molecule has 1 N–H and O–H groups in total. The molecule has 9 heteroatoms. The van der Waals surface area contributed by atoms with Crippen molar-refractivity contribution >= 4 is 43.3 Å². The Bertz CT molecular complexity index is 860. The molecule has 0 saturated carbocycles. The van der Waals surface area contributed by atoms with Crippen LogP contribution in [0.1, 0.15) is 18.9 Å². The first-order chi connectivity index (χ1) is 11.1. The fraction of sp³-hybridized carbons (Fsp3) is 0.467. The number of fused-ring (bicyclic) bond motifs is 1. The molecule has 0 bridgehead atoms. The van der Waals surface area contributed by atoms with Gasteiger partial charge in [-0.3, -0.25) is 4.55 Å². The van der Waals surface area contributed by atoms with E-state index in [0.29, 0.717) is 12.1 Å². The average Bonchev–Trinajstić information content (AvgIpc) is 2.79. The molecular formula is C15H21N2O5S2+. The summed E-state index contributed by atoms with van der Waals surface area (Å²) in [6.07, 6.45) is 0. The van der Waals surface area contributed by atoms with E-state index in [0.717, 1.165) is 15.4 Å². The van der Waals surface area contributed by atoms with E-state index in [1.807, 2.05) is 12.1 Å². The van der Waals surface area contributed by atoms with Crippen molar-refractivity contribution in [2.75, 3.05) is 18.6 Å². The SMILES string of the molecule is CCOC(=O)C(C)N(C)c1ccc2sc(C)[n+](CS(=O)(=O)O)c2c1. The lowest BCUT2D eigenvalue weighted by atomic mass is 10.2. The number of likely N-dealkylation sites (N-methyl/N-ethyl adjacent to an activating group) is 1. The van der Waals surface area contributed by atoms with Gasteiger partial charge < -0.3 is 9.64 Å². The summed E-state index contributed by atoms with van der Waals surface area (Å²) in [7, 11) is -2.38. The number of benzene rings is 1. The third-order valence-electron chi connectivity index (χ3n) is 3.78. The molecule has 0 fully saturated rings. The Kier molecular flexibility index (Phi) is 5.46. The second-order valence-corrected chi connectivity index (χ2v) is 8.11. The monoisotopic (exact) mass is 373 g/mol. The zero-order valence-corrected chi connectivity index (χ0v) is 15.6. The third kappa shape index (κ3) is 4.03. The van der Waals surface area contributed by atoms with Gasteiger partial charge in [0.05, 0.1) is 6.61 Å². The first kappa shape index (κ1) is 18.6. The number of rotatable bonds is 6. The molecule has 0 aliphatic heterocycles. The summed E-state index contributed by atoms with van der Waals surface area (Å²) >= 11 is 1.44. The predicted molar refractivity (Wildman–Crippen MR) is 92.8 cm³/mol. The Morgan fingerprint density at radius 1 is 1.46 bits per heavy atom. The first-order valence-corrected chi connectivity index (χ1v) is 9.84. The van der Waals surface area contributed by atoms with Crippen molar-refractivity contribution in [3.05, 3.63) is 23.2 Å². The molecule has 1 aromatic carbocycles. The minimum atomic E-state index is -4.15. The van der Waals surface area contributed by atoms with Gasteiger partial charge in [-0.1, -0.05) is 11.3 Å². The highest BCUT2D eigenvalue weighted by molar-refractivity contribution is 7.84. The smallest absolute Gasteiger partial charge is 0.328 e. The van der Waals surface area contributed by atoms with Crippen molar-refractivity contribution in [3.63, 3.8) is 0 Å². The molecule has 2 aromatic rings. The van der Waals surface area contributed by atoms with Gasteiger partial charge in [0.1, 0.15) is 10.7 Å². The number of ether oxygens (including phenoxy) is 1. The fourth-order valence-corrected chi connectivity index (χ4v) is 4.12. The van der Waals surface area contributed by atoms with Crippen molar-refractivity contribution < 1.29 is 27.1 Å². The molecule has 1 heterocycles. The molecule has 0 saturated heterocycles. The largest absolute Gasteiger partial charge is 0.464 e. The lowest BCUT2D eigenvalue weighted by Gasteiger charge is -2.24. The van der Waals surface area contributed by atoms with Gasteiger partial charge in [0.15, 0.2) is 0 Å². The van der Waals surface area contributed by atoms with Gasteiger partial charge in [-0.2, -0.15) is 13.0 Å². The number of thiazole rings is 1. The number of nitrogens with zero attached hydrogens (tertiary/aromatic N) is 2. The summed E-state index contributed by atoms with van der Waals surface area (Å²) in [5, 5.41) is 0.765. The van der Waals surface area contributed by atoms with E-state index in [9.17, 15) is 13.2 Å². The summed E-state index contributed by atoms with van der Waals surface area (Å²) < 4.78 is 39.1. The lowest BCUT2D eigenvalue weighted by Crippen LogP contribution is -2.39. The van der Waals surface area contributed by atoms with Crippen LogP contribution in [0.5, 0.6) is 0 Å². The van der Waals surface area contributed by atoms with Gasteiger partial charge in [0, 0.05) is 25.7 Å². The Balaban J connectivity index is 2.43. The van der Waals surface area contributed by atoms with Crippen molar-refractivity contribution in [1.82, 2.24) is 0 Å². The molecule has 2 rings (SSSR count). The molecule has 24 heavy (non-hydrogen) atoms. The van der Waals surface area contributed by atoms with Crippen LogP contribution in [0.2, 0.25) is 0 Å². The van der Waals surface area contributed by atoms with Crippen LogP contribution in [0, 0.1) is 6.92 Å². The number of aryl methyl sites for hydroxylation is 1. The number of esters is 1. The Morgan fingerprint density at radius 3 is 2.71 bits per heavy atom. The number of anilines is 1. The van der Waals surface area contributed by atoms with E-state index < -0.39 is 22.0 Å². The van der Waals surface area contributed by atoms with E-state index in [2.05, 4.69) is 0 Å². The van der Waals surface area contributed by atoms with Crippen LogP contribution in [-0.2, 0) is 25.5 Å². The van der Waals surface area contributed by atoms with Crippen LogP contribution >= 0.6 is 11.3 Å². The second kappa shape index (κ2) is 7.04. The highest BCUT2D eigenvalue weighted by Gasteiger charge is 2.25. The molecule has 0 aliphatic rings. The Morgan fingerprint density at radius 2 is 2.12 bits per heavy atom. The van der Waals surface area contributed by atoms with Crippen molar-refractivity contribution in [2.45, 2.75) is 32.7 Å². The molecule has 0 radical (unpaired) electrons. The molecule has 0 aliphatic carbocycles. The van der Waals surface area contributed by atoms with Gasteiger partial charge in [-0.05, 0) is 26.0 Å². The molecule has 132 valence electrons. The fourth-order valence-electron chi connectivity index (χ4n) is 2.37. The third-order valence-corrected chi connectivity index (χ3v) is 5.44. The van der Waals surface area contributed by atoms with Gasteiger partial charge in [-0.25, -0.2) is 4.79 Å². The van der Waals surface area contributed by atoms with Crippen molar-refractivity contribution in [1.29, 1.82) is 0 Å². The lowest BCUT2D eigenvalue weighted by molar-refractivity contribution is -0.653. The molecule has 0 amide bonds. The normalized spacial score (nSPS) is 13.0. The maximum atomic E-state index is 11.9. The van der Waals surface area contributed by atoms with Gasteiger partial charge in [0.2, 0.25) is 10.5 Å². The van der Waals surface area contributed by atoms with Crippen LogP contribution in [-0.4, -0.2) is 38.6 Å². The van der Waals surface area contributed by atoms with Crippen molar-refractivity contribution in [2.24, 2.45) is 0 Å². The molecule has 1 atom stereocenters. The number of aromatic nitrogens is 1. The van der Waals surface area contributed by atoms with E-state index >= 15 is 0 Å². The minimum absolute atomic E-state index is 0.314. The minimum Gasteiger partial charge on any atom is -0.464 e. The van der Waals surface area contributed by atoms with Crippen LogP contribution in [0.15, 0.2) is 18.2 Å². The predicted octanol–water partition coefficient (Wildman–Crippen LogP) is 1.73. The number of hydrogen-bond donors (Lipinski definition) is 1. The van der Waals surface area contributed by atoms with E-state index in [1.165, 1.54) is 11.3 Å². The molecule has 1 unspecified atom stereocenters. The average molecular weight is 373 g/mol. The van der Waals surface area contributed by atoms with Crippen LogP contribution in [0.25, 0.3) is 10.2 Å². The summed E-state index contributed by atoms with van der Waals surface area (Å²) in [5.74, 6) is -0.827. The second-order valence-electron chi connectivity index (χ2n) is 5.45. The molecule has 0 spiro atoms. The van der Waals surface area contributed by atoms with E-state index in [-0.39, 0.29) is 5.97 Å². The zero-order valence-electron chi connectivity index (χ0n) is 14.0. The first-order valence-electron chi connectivity index (χ1n) is 7.41. The van der Waals surface area contributed by atoms with Crippen LogP contribution in [0.4, 0.5) is 5.69 Å². The maximum absolute atomic E-state index is 11.9. The number of carbonyl (C=O) groups is 1. The summed E-state index contributed by atoms with van der Waals surface area (Å²) in [5.41, 5.74) is 1.44. The molecule has 1 aromatic heterocycles. The standard InChI is InChI=1S/C15H20N2O5S2/c1-5-22-15(18)10(2)16(4)12-6-7-14-13(8-12)17(11(3)23-14)9-24(19,20)21/h6-8,10H,5,9H2,1-4H3/p+1. The zero-order chi connectivity index (χ0) is 18.1. The van der Waals surface area contributed by atoms with Gasteiger partial charge in [0.25, 0.3) is 5.88 Å². The molecular weight excluding hydrogens is 352 g/mol. The topological polar surface area (TPSA) is 87.8 Å². The van der Waals surface area contributed by atoms with Crippen LogP contribution in [0.3, 0.4) is 0 Å². The van der Waals surface area contributed by atoms with E-state index in [4.69, 9.17) is 9.29 Å². The van der Waals surface area contributed by atoms with Crippen LogP contribution < -0.4 is 9.47 Å². The summed E-state index contributed by atoms with van der Waals surface area (Å²) in [6, 6.07) is 5.07. The number of hydrogen-bond acceptors (Lipinski definition) is 6. The summed E-state index contributed by atoms with van der Waals surface area (Å²) in [6.45, 7) is 5.60. The summed E-state index contributed by atoms with van der Waals surface area (Å²) in [4.78, 5) is 13.7. The van der Waals surface area contributed by atoms with Crippen molar-refractivity contribution in [3.8, 4) is 0 Å². The molecule has 7 nitrogen and oxygen atoms in total. The number of carbonyl (C=O) groups excluding carboxylic acids is 1. The van der Waals surface area contributed by atoms with E-state index in [1.54, 1.807) is 43.4 Å². The highest BCUT2D eigenvalue weighted by atomic mass is 32.2.